The molecule has 3 N–H and O–H groups in total. The van der Waals surface area contributed by atoms with E-state index >= 15 is 0 Å². The van der Waals surface area contributed by atoms with Gasteiger partial charge in [-0.25, -0.2) is 4.98 Å². The first-order chi connectivity index (χ1) is 27.7. The van der Waals surface area contributed by atoms with Crippen LogP contribution in [0, 0.1) is 29.6 Å². The van der Waals surface area contributed by atoms with Crippen molar-refractivity contribution in [2.75, 3.05) is 39.7 Å². The second-order valence-electron chi connectivity index (χ2n) is 15.2. The van der Waals surface area contributed by atoms with Crippen LogP contribution in [0.25, 0.3) is 33.7 Å². The second kappa shape index (κ2) is 19.0. The van der Waals surface area contributed by atoms with Crippen LogP contribution in [0.2, 0.25) is 0 Å². The van der Waals surface area contributed by atoms with Crippen LogP contribution in [0.4, 0.5) is 11.5 Å². The molecule has 3 aromatic carbocycles. The van der Waals surface area contributed by atoms with Crippen molar-refractivity contribution in [3.05, 3.63) is 95.3 Å². The molecule has 5 aromatic rings. The number of hydrogen-bond donors (Lipinski definition) is 3. The quantitative estimate of drug-likeness (QED) is 0.0828. The number of anilines is 2. The van der Waals surface area contributed by atoms with Crippen LogP contribution in [0.5, 0.6) is 11.6 Å². The monoisotopic (exact) mass is 769 g/mol. The van der Waals surface area contributed by atoms with Crippen molar-refractivity contribution in [2.45, 2.75) is 77.9 Å². The van der Waals surface area contributed by atoms with E-state index in [-0.39, 0.29) is 0 Å². The summed E-state index contributed by atoms with van der Waals surface area (Å²) < 4.78 is 18.0. The number of nitrogens with one attached hydrogen (secondary N) is 2. The van der Waals surface area contributed by atoms with Gasteiger partial charge in [0.25, 0.3) is 0 Å². The lowest BCUT2D eigenvalue weighted by molar-refractivity contribution is 0.181. The highest BCUT2D eigenvalue weighted by Gasteiger charge is 2.24. The maximum atomic E-state index is 10.1. The van der Waals surface area contributed by atoms with Crippen molar-refractivity contribution in [1.82, 2.24) is 19.8 Å². The summed E-state index contributed by atoms with van der Waals surface area (Å²) in [5.74, 6) is 3.00. The number of likely N-dealkylation sites (tertiary alicyclic amines) is 1. The lowest BCUT2D eigenvalue weighted by Crippen LogP contribution is -2.32. The number of fused-ring (bicyclic) bond motifs is 1. The number of ether oxygens (including phenoxy) is 2. The zero-order valence-electron chi connectivity index (χ0n) is 33.9. The van der Waals surface area contributed by atoms with Gasteiger partial charge in [0.05, 0.1) is 31.6 Å². The van der Waals surface area contributed by atoms with Crippen LogP contribution >= 0.6 is 0 Å². The number of aliphatic hydroxyl groups excluding tert-OH is 1. The smallest absolute Gasteiger partial charge is 0.227 e. The number of hydrogen-bond acceptors (Lipinski definition) is 11. The molecule has 0 atom stereocenters. The first kappa shape index (κ1) is 40.9. The van der Waals surface area contributed by atoms with Crippen LogP contribution < -0.4 is 14.8 Å². The maximum Gasteiger partial charge on any atom is 0.227 e. The largest absolute Gasteiger partial charge is 0.516 e. The van der Waals surface area contributed by atoms with E-state index in [1.807, 2.05) is 55.5 Å². The molecule has 57 heavy (non-hydrogen) atoms. The summed E-state index contributed by atoms with van der Waals surface area (Å²) in [6, 6.07) is 20.8. The van der Waals surface area contributed by atoms with Gasteiger partial charge in [-0.05, 0) is 105 Å². The van der Waals surface area contributed by atoms with Crippen molar-refractivity contribution < 1.29 is 19.0 Å². The number of rotatable bonds is 12. The van der Waals surface area contributed by atoms with Crippen LogP contribution in [0.3, 0.4) is 0 Å². The van der Waals surface area contributed by atoms with Crippen molar-refractivity contribution in [1.29, 1.82) is 10.7 Å². The van der Waals surface area contributed by atoms with Gasteiger partial charge in [-0.3, -0.25) is 9.80 Å². The summed E-state index contributed by atoms with van der Waals surface area (Å²) in [4.78, 5) is 14.6. The fraction of sp³-hybridized carbons (Fsp3) is 0.391. The van der Waals surface area contributed by atoms with Crippen molar-refractivity contribution in [3.63, 3.8) is 0 Å². The Morgan fingerprint density at radius 1 is 1.02 bits per heavy atom. The number of oxazole rings is 1. The average molecular weight is 770 g/mol. The standard InChI is InChI=1S/C44H51N7O3.C2H4O/c1-28-17-19-51(20-18-28)27-37-40(52-4)23-41(49-43(37)53-5)47-38-16-10-15-35(36(38)25-46)33-13-9-14-34(29(33)2)44-48-39-22-30(21-31(24-45)42(39)54-44)26-50(3)32-11-7-6-8-12-32;1-2-3/h9-10,13-16,21-23,25,28,32,46H,6-8,11-12,17-20,26-27H2,1-5H3,(H,47,49);2-3H,1H2. The second-order valence-corrected chi connectivity index (χ2v) is 15.2. The molecular formula is C46H55N7O4. The third-order valence-corrected chi connectivity index (χ3v) is 11.4. The Bertz CT molecular complexity index is 2200. The van der Waals surface area contributed by atoms with Crippen LogP contribution in [0.1, 0.15) is 79.7 Å². The van der Waals surface area contributed by atoms with Gasteiger partial charge in [-0.15, -0.1) is 0 Å². The first-order valence-corrected chi connectivity index (χ1v) is 19.9. The van der Waals surface area contributed by atoms with Gasteiger partial charge >= 0.3 is 0 Å². The summed E-state index contributed by atoms with van der Waals surface area (Å²) in [6.45, 7) is 10.8. The van der Waals surface area contributed by atoms with E-state index in [0.29, 0.717) is 58.2 Å². The maximum absolute atomic E-state index is 10.1. The number of benzene rings is 3. The van der Waals surface area contributed by atoms with E-state index in [1.54, 1.807) is 14.2 Å². The van der Waals surface area contributed by atoms with E-state index in [2.05, 4.69) is 47.8 Å². The molecule has 3 heterocycles. The molecule has 0 bridgehead atoms. The lowest BCUT2D eigenvalue weighted by atomic mass is 9.92. The Morgan fingerprint density at radius 3 is 2.40 bits per heavy atom. The van der Waals surface area contributed by atoms with Crippen LogP contribution in [0.15, 0.2) is 71.9 Å². The zero-order chi connectivity index (χ0) is 40.5. The normalized spacial score (nSPS) is 15.1. The molecule has 0 spiro atoms. The highest BCUT2D eigenvalue weighted by atomic mass is 16.5. The number of methoxy groups -OCH3 is 2. The summed E-state index contributed by atoms with van der Waals surface area (Å²) in [7, 11) is 5.49. The third kappa shape index (κ3) is 9.30. The molecule has 0 amide bonds. The fourth-order valence-electron chi connectivity index (χ4n) is 8.21. The fourth-order valence-corrected chi connectivity index (χ4v) is 8.21. The predicted octanol–water partition coefficient (Wildman–Crippen LogP) is 10.2. The van der Waals surface area contributed by atoms with Gasteiger partial charge in [0.15, 0.2) is 5.58 Å². The number of nitrogens with zero attached hydrogens (tertiary/aromatic N) is 5. The number of pyridine rings is 1. The molecule has 2 aromatic heterocycles. The van der Waals surface area contributed by atoms with Crippen molar-refractivity contribution in [2.24, 2.45) is 5.92 Å². The summed E-state index contributed by atoms with van der Waals surface area (Å²) in [6.07, 6.45) is 10.8. The van der Waals surface area contributed by atoms with Crippen molar-refractivity contribution >= 4 is 28.8 Å². The Balaban J connectivity index is 0.00000177. The highest BCUT2D eigenvalue weighted by molar-refractivity contribution is 5.98. The van der Waals surface area contributed by atoms with Crippen LogP contribution in [-0.2, 0) is 13.1 Å². The molecule has 11 nitrogen and oxygen atoms in total. The zero-order valence-corrected chi connectivity index (χ0v) is 33.9. The average Bonchev–Trinajstić information content (AvgIpc) is 3.66. The molecule has 1 aliphatic heterocycles. The molecule has 7 rings (SSSR count). The van der Waals surface area contributed by atoms with E-state index in [4.69, 9.17) is 34.4 Å². The van der Waals surface area contributed by atoms with E-state index in [1.165, 1.54) is 51.2 Å². The molecule has 11 heteroatoms. The summed E-state index contributed by atoms with van der Waals surface area (Å²) >= 11 is 0. The molecule has 2 fully saturated rings. The Labute approximate surface area is 336 Å². The van der Waals surface area contributed by atoms with Gasteiger partial charge in [0.2, 0.25) is 11.8 Å². The molecule has 1 saturated heterocycles. The van der Waals surface area contributed by atoms with Crippen molar-refractivity contribution in [3.8, 4) is 40.3 Å². The Morgan fingerprint density at radius 2 is 1.72 bits per heavy atom. The summed E-state index contributed by atoms with van der Waals surface area (Å²) in [5.41, 5.74) is 8.72. The van der Waals surface area contributed by atoms with Gasteiger partial charge in [-0.1, -0.05) is 57.0 Å². The molecule has 298 valence electrons. The van der Waals surface area contributed by atoms with Crippen LogP contribution in [-0.4, -0.2) is 71.5 Å². The number of aromatic nitrogens is 2. The number of piperidine rings is 1. The van der Waals surface area contributed by atoms with Gasteiger partial charge in [0, 0.05) is 48.2 Å². The molecule has 1 aliphatic carbocycles. The third-order valence-electron chi connectivity index (χ3n) is 11.4. The molecule has 0 unspecified atom stereocenters. The predicted molar refractivity (Wildman–Crippen MR) is 228 cm³/mol. The topological polar surface area (TPSA) is 144 Å². The van der Waals surface area contributed by atoms with E-state index in [0.717, 1.165) is 70.9 Å². The molecular weight excluding hydrogens is 715 g/mol. The minimum atomic E-state index is 0.465. The number of nitriles is 1. The van der Waals surface area contributed by atoms with E-state index < -0.39 is 0 Å². The minimum absolute atomic E-state index is 0.465. The van der Waals surface area contributed by atoms with E-state index in [9.17, 15) is 5.26 Å². The SMILES string of the molecule is C=CO.COc1cc(Nc2cccc(-c3cccc(-c4nc5cc(CN(C)C6CCCCC6)cc(C#N)c5o4)c3C)c2C=N)nc(OC)c1CN1CCC(C)CC1. The van der Waals surface area contributed by atoms with Gasteiger partial charge in [0.1, 0.15) is 23.2 Å². The highest BCUT2D eigenvalue weighted by Crippen LogP contribution is 2.39. The molecule has 0 radical (unpaired) electrons. The minimum Gasteiger partial charge on any atom is -0.516 e. The first-order valence-electron chi connectivity index (χ1n) is 19.9. The number of aliphatic hydroxyl groups is 1. The Hall–Kier alpha value is -5.70. The lowest BCUT2D eigenvalue weighted by Gasteiger charge is -2.31. The summed E-state index contributed by atoms with van der Waals surface area (Å²) in [5, 5.41) is 29.4. The van der Waals surface area contributed by atoms with Gasteiger partial charge < -0.3 is 29.7 Å². The molecule has 2 aliphatic rings. The Kier molecular flexibility index (Phi) is 13.6. The van der Waals surface area contributed by atoms with Gasteiger partial charge in [-0.2, -0.15) is 10.2 Å². The molecule has 1 saturated carbocycles.